The molecule has 1 aromatic carbocycles. The Morgan fingerprint density at radius 1 is 1.14 bits per heavy atom. The minimum atomic E-state index is -0.775. The Morgan fingerprint density at radius 2 is 1.97 bits per heavy atom. The van der Waals surface area contributed by atoms with E-state index in [0.29, 0.717) is 17.2 Å². The molecule has 10 heteroatoms. The van der Waals surface area contributed by atoms with Gasteiger partial charge in [0.05, 0.1) is 24.9 Å². The maximum Gasteiger partial charge on any atom is 0.321 e. The normalized spacial score (nSPS) is 12.6. The van der Waals surface area contributed by atoms with Crippen molar-refractivity contribution in [1.82, 2.24) is 10.6 Å². The Morgan fingerprint density at radius 3 is 2.76 bits per heavy atom. The third-order valence-corrected chi connectivity index (χ3v) is 3.97. The quantitative estimate of drug-likeness (QED) is 0.662. The molecule has 10 nitrogen and oxygen atoms in total. The van der Waals surface area contributed by atoms with Gasteiger partial charge in [-0.2, -0.15) is 0 Å². The van der Waals surface area contributed by atoms with Crippen molar-refractivity contribution in [3.8, 4) is 5.75 Å². The van der Waals surface area contributed by atoms with Crippen LogP contribution < -0.4 is 20.3 Å². The number of carbonyl (C=O) groups is 4. The van der Waals surface area contributed by atoms with Crippen LogP contribution in [0.4, 0.5) is 10.5 Å². The number of carbonyl (C=O) groups excluding carboxylic acids is 4. The molecule has 2 N–H and O–H groups in total. The number of amides is 4. The summed E-state index contributed by atoms with van der Waals surface area (Å²) in [5, 5.41) is 4.46. The minimum Gasteiger partial charge on any atom is -0.482 e. The first-order valence-corrected chi connectivity index (χ1v) is 8.81. The standard InChI is InChI=1S/C19H19N3O7/c23-16(21-19(26)20-10-13-4-3-9-27-13)11-29-18(25)7-8-22-14-5-1-2-6-15(14)28-12-17(22)24/h1-6,9H,7-8,10-12H2,(H2,20,21,23,26). The third kappa shape index (κ3) is 5.58. The fourth-order valence-corrected chi connectivity index (χ4v) is 2.61. The molecule has 3 rings (SSSR count). The van der Waals surface area contributed by atoms with Gasteiger partial charge in [0.25, 0.3) is 11.8 Å². The lowest BCUT2D eigenvalue weighted by Crippen LogP contribution is -2.41. The summed E-state index contributed by atoms with van der Waals surface area (Å²) >= 11 is 0. The van der Waals surface area contributed by atoms with Gasteiger partial charge in [0.1, 0.15) is 11.5 Å². The smallest absolute Gasteiger partial charge is 0.321 e. The molecular weight excluding hydrogens is 382 g/mol. The number of hydrogen-bond donors (Lipinski definition) is 2. The average molecular weight is 401 g/mol. The van der Waals surface area contributed by atoms with E-state index in [-0.39, 0.29) is 32.0 Å². The number of anilines is 1. The van der Waals surface area contributed by atoms with Crippen LogP contribution in [0.3, 0.4) is 0 Å². The van der Waals surface area contributed by atoms with E-state index < -0.39 is 24.5 Å². The van der Waals surface area contributed by atoms with Crippen molar-refractivity contribution >= 4 is 29.5 Å². The van der Waals surface area contributed by atoms with E-state index in [1.165, 1.54) is 11.2 Å². The Hall–Kier alpha value is -3.82. The summed E-state index contributed by atoms with van der Waals surface area (Å²) in [4.78, 5) is 48.6. The number of hydrogen-bond acceptors (Lipinski definition) is 7. The van der Waals surface area contributed by atoms with E-state index in [9.17, 15) is 19.2 Å². The van der Waals surface area contributed by atoms with Gasteiger partial charge in [0, 0.05) is 6.54 Å². The van der Waals surface area contributed by atoms with Gasteiger partial charge >= 0.3 is 12.0 Å². The van der Waals surface area contributed by atoms with Gasteiger partial charge in [-0.05, 0) is 24.3 Å². The number of nitrogens with one attached hydrogen (secondary N) is 2. The number of rotatable bonds is 7. The van der Waals surface area contributed by atoms with Gasteiger partial charge in [-0.3, -0.25) is 19.7 Å². The second kappa shape index (κ2) is 9.40. The minimum absolute atomic E-state index is 0.0866. The van der Waals surface area contributed by atoms with Gasteiger partial charge in [-0.15, -0.1) is 0 Å². The molecule has 2 heterocycles. The molecular formula is C19H19N3O7. The summed E-state index contributed by atoms with van der Waals surface area (Å²) < 4.78 is 15.2. The van der Waals surface area contributed by atoms with Crippen molar-refractivity contribution in [2.75, 3.05) is 24.7 Å². The second-order valence-electron chi connectivity index (χ2n) is 6.02. The number of furan rings is 1. The first kappa shape index (κ1) is 19.9. The molecule has 0 radical (unpaired) electrons. The molecule has 1 aliphatic heterocycles. The predicted molar refractivity (Wildman–Crippen MR) is 99.0 cm³/mol. The number of benzene rings is 1. The van der Waals surface area contributed by atoms with Gasteiger partial charge in [-0.1, -0.05) is 12.1 Å². The van der Waals surface area contributed by atoms with Crippen LogP contribution in [-0.2, 0) is 25.7 Å². The van der Waals surface area contributed by atoms with Gasteiger partial charge in [0.15, 0.2) is 13.2 Å². The molecule has 0 saturated carbocycles. The molecule has 0 unspecified atom stereocenters. The highest BCUT2D eigenvalue weighted by atomic mass is 16.5. The van der Waals surface area contributed by atoms with Crippen LogP contribution in [0, 0.1) is 0 Å². The first-order chi connectivity index (χ1) is 14.0. The summed E-state index contributed by atoms with van der Waals surface area (Å²) in [6.45, 7) is -0.521. The van der Waals surface area contributed by atoms with Crippen molar-refractivity contribution in [3.05, 3.63) is 48.4 Å². The average Bonchev–Trinajstić information content (AvgIpc) is 3.24. The maximum atomic E-state index is 12.0. The van der Waals surface area contributed by atoms with Crippen LogP contribution >= 0.6 is 0 Å². The number of ether oxygens (including phenoxy) is 2. The van der Waals surface area contributed by atoms with E-state index in [1.807, 2.05) is 5.32 Å². The van der Waals surface area contributed by atoms with Crippen LogP contribution in [0.2, 0.25) is 0 Å². The molecule has 1 aromatic heterocycles. The highest BCUT2D eigenvalue weighted by molar-refractivity contribution is 5.98. The topological polar surface area (TPSA) is 127 Å². The zero-order valence-electron chi connectivity index (χ0n) is 15.4. The second-order valence-corrected chi connectivity index (χ2v) is 6.02. The van der Waals surface area contributed by atoms with Gasteiger partial charge < -0.3 is 24.1 Å². The van der Waals surface area contributed by atoms with Crippen molar-refractivity contribution in [1.29, 1.82) is 0 Å². The third-order valence-electron chi connectivity index (χ3n) is 3.97. The summed E-state index contributed by atoms with van der Waals surface area (Å²) in [5.41, 5.74) is 0.572. The molecule has 0 atom stereocenters. The molecule has 0 aliphatic carbocycles. The molecule has 152 valence electrons. The van der Waals surface area contributed by atoms with Crippen molar-refractivity contribution < 1.29 is 33.1 Å². The number of para-hydroxylation sites is 2. The van der Waals surface area contributed by atoms with E-state index >= 15 is 0 Å². The molecule has 29 heavy (non-hydrogen) atoms. The Bertz CT molecular complexity index is 895. The SMILES string of the molecule is O=C(COC(=O)CCN1C(=O)COc2ccccc21)NC(=O)NCc1ccco1. The van der Waals surface area contributed by atoms with E-state index in [2.05, 4.69) is 5.32 Å². The Labute approximate surface area is 165 Å². The van der Waals surface area contributed by atoms with Crippen LogP contribution in [0.5, 0.6) is 5.75 Å². The van der Waals surface area contributed by atoms with Crippen molar-refractivity contribution in [2.24, 2.45) is 0 Å². The highest BCUT2D eigenvalue weighted by Crippen LogP contribution is 2.31. The lowest BCUT2D eigenvalue weighted by atomic mass is 10.2. The van der Waals surface area contributed by atoms with Crippen molar-refractivity contribution in [2.45, 2.75) is 13.0 Å². The van der Waals surface area contributed by atoms with Crippen LogP contribution in [0.25, 0.3) is 0 Å². The fraction of sp³-hybridized carbons (Fsp3) is 0.263. The van der Waals surface area contributed by atoms with E-state index in [0.717, 1.165) is 0 Å². The zero-order valence-corrected chi connectivity index (χ0v) is 15.4. The van der Waals surface area contributed by atoms with Gasteiger partial charge in [0.2, 0.25) is 0 Å². The number of esters is 1. The molecule has 2 aromatic rings. The molecule has 0 fully saturated rings. The van der Waals surface area contributed by atoms with Crippen molar-refractivity contribution in [3.63, 3.8) is 0 Å². The highest BCUT2D eigenvalue weighted by Gasteiger charge is 2.25. The number of urea groups is 1. The molecule has 0 bridgehead atoms. The molecule has 0 saturated heterocycles. The lowest BCUT2D eigenvalue weighted by molar-refractivity contribution is -0.148. The van der Waals surface area contributed by atoms with Gasteiger partial charge in [-0.25, -0.2) is 4.79 Å². The monoisotopic (exact) mass is 401 g/mol. The van der Waals surface area contributed by atoms with E-state index in [1.54, 1.807) is 36.4 Å². The summed E-state index contributed by atoms with van der Waals surface area (Å²) in [7, 11) is 0. The first-order valence-electron chi connectivity index (χ1n) is 8.81. The number of imide groups is 1. The molecule has 1 aliphatic rings. The maximum absolute atomic E-state index is 12.0. The summed E-state index contributed by atoms with van der Waals surface area (Å²) in [5.74, 6) is -0.642. The summed E-state index contributed by atoms with van der Waals surface area (Å²) in [6, 6.07) is 9.58. The number of nitrogens with zero attached hydrogens (tertiary/aromatic N) is 1. The lowest BCUT2D eigenvalue weighted by Gasteiger charge is -2.28. The van der Waals surface area contributed by atoms with Crippen LogP contribution in [0.15, 0.2) is 47.1 Å². The Kier molecular flexibility index (Phi) is 6.46. The molecule has 0 spiro atoms. The predicted octanol–water partition coefficient (Wildman–Crippen LogP) is 0.964. The van der Waals surface area contributed by atoms with E-state index in [4.69, 9.17) is 13.9 Å². The van der Waals surface area contributed by atoms with Crippen LogP contribution in [-0.4, -0.2) is 43.6 Å². The Balaban J connectivity index is 1.38. The number of fused-ring (bicyclic) bond motifs is 1. The molecule has 4 amide bonds. The van der Waals surface area contributed by atoms with Crippen LogP contribution in [0.1, 0.15) is 12.2 Å². The largest absolute Gasteiger partial charge is 0.482 e. The fourth-order valence-electron chi connectivity index (χ4n) is 2.61. The zero-order chi connectivity index (χ0) is 20.6. The summed E-state index contributed by atoms with van der Waals surface area (Å²) in [6.07, 6.45) is 1.35.